The largest absolute Gasteiger partial charge is 0.478 e. The number of ether oxygens (including phenoxy) is 1. The summed E-state index contributed by atoms with van der Waals surface area (Å²) in [7, 11) is 0. The predicted octanol–water partition coefficient (Wildman–Crippen LogP) is 1.14. The summed E-state index contributed by atoms with van der Waals surface area (Å²) in [6, 6.07) is 0. The van der Waals surface area contributed by atoms with E-state index in [1.54, 1.807) is 0 Å². The Morgan fingerprint density at radius 1 is 1.38 bits per heavy atom. The van der Waals surface area contributed by atoms with E-state index in [-0.39, 0.29) is 5.56 Å². The van der Waals surface area contributed by atoms with Crippen molar-refractivity contribution >= 4 is 5.97 Å². The van der Waals surface area contributed by atoms with Gasteiger partial charge in [-0.2, -0.15) is 0 Å². The van der Waals surface area contributed by atoms with Crippen LogP contribution in [-0.4, -0.2) is 34.3 Å². The van der Waals surface area contributed by atoms with Gasteiger partial charge in [-0.1, -0.05) is 0 Å². The third kappa shape index (κ3) is 2.76. The first-order valence-electron chi connectivity index (χ1n) is 5.37. The summed E-state index contributed by atoms with van der Waals surface area (Å²) in [6.07, 6.45) is 5.60. The summed E-state index contributed by atoms with van der Waals surface area (Å²) in [4.78, 5) is 18.7. The van der Waals surface area contributed by atoms with E-state index in [0.29, 0.717) is 5.92 Å². The van der Waals surface area contributed by atoms with Gasteiger partial charge in [-0.25, -0.2) is 14.8 Å². The second kappa shape index (κ2) is 5.03. The molecule has 1 saturated heterocycles. The number of hydrogen-bond acceptors (Lipinski definition) is 4. The minimum absolute atomic E-state index is 0.135. The first-order chi connectivity index (χ1) is 7.75. The number of hydrogen-bond donors (Lipinski definition) is 1. The van der Waals surface area contributed by atoms with Gasteiger partial charge in [0.25, 0.3) is 0 Å². The maximum atomic E-state index is 10.6. The van der Waals surface area contributed by atoms with Gasteiger partial charge in [0.1, 0.15) is 5.82 Å². The number of carboxylic acid groups (broad SMARTS) is 1. The van der Waals surface area contributed by atoms with Gasteiger partial charge in [0.2, 0.25) is 0 Å². The van der Waals surface area contributed by atoms with Crippen molar-refractivity contribution < 1.29 is 14.6 Å². The van der Waals surface area contributed by atoms with E-state index in [4.69, 9.17) is 9.84 Å². The van der Waals surface area contributed by atoms with Gasteiger partial charge >= 0.3 is 5.97 Å². The van der Waals surface area contributed by atoms with Crippen LogP contribution in [0.25, 0.3) is 0 Å². The molecule has 2 rings (SSSR count). The highest BCUT2D eigenvalue weighted by atomic mass is 16.5. The summed E-state index contributed by atoms with van der Waals surface area (Å²) in [5, 5.41) is 8.70. The van der Waals surface area contributed by atoms with Gasteiger partial charge in [0.15, 0.2) is 0 Å². The fourth-order valence-corrected chi connectivity index (χ4v) is 1.78. The fourth-order valence-electron chi connectivity index (χ4n) is 1.78. The first-order valence-corrected chi connectivity index (χ1v) is 5.37. The van der Waals surface area contributed by atoms with Crippen molar-refractivity contribution in [1.29, 1.82) is 0 Å². The highest BCUT2D eigenvalue weighted by Gasteiger charge is 2.15. The zero-order chi connectivity index (χ0) is 11.4. The lowest BCUT2D eigenvalue weighted by atomic mass is 9.96. The van der Waals surface area contributed by atoms with Crippen LogP contribution in [0.4, 0.5) is 0 Å². The van der Waals surface area contributed by atoms with E-state index in [2.05, 4.69) is 9.97 Å². The smallest absolute Gasteiger partial charge is 0.338 e. The topological polar surface area (TPSA) is 72.3 Å². The Balaban J connectivity index is 1.96. The van der Waals surface area contributed by atoms with Crippen molar-refractivity contribution in [3.63, 3.8) is 0 Å². The number of carbonyl (C=O) groups is 1. The lowest BCUT2D eigenvalue weighted by Gasteiger charge is -2.20. The molecule has 2 heterocycles. The SMILES string of the molecule is O=C(O)c1cnc(CC2CCOCC2)nc1. The molecule has 0 atom stereocenters. The number of nitrogens with zero attached hydrogens (tertiary/aromatic N) is 2. The number of aromatic nitrogens is 2. The van der Waals surface area contributed by atoms with E-state index in [1.807, 2.05) is 0 Å². The molecule has 1 N–H and O–H groups in total. The quantitative estimate of drug-likeness (QED) is 0.830. The lowest BCUT2D eigenvalue weighted by Crippen LogP contribution is -2.18. The van der Waals surface area contributed by atoms with Gasteiger partial charge in [-0.05, 0) is 18.8 Å². The zero-order valence-corrected chi connectivity index (χ0v) is 8.93. The number of aromatic carboxylic acids is 1. The van der Waals surface area contributed by atoms with Crippen LogP contribution in [-0.2, 0) is 11.2 Å². The summed E-state index contributed by atoms with van der Waals surface area (Å²) >= 11 is 0. The molecule has 1 aromatic rings. The molecule has 5 nitrogen and oxygen atoms in total. The molecule has 0 amide bonds. The summed E-state index contributed by atoms with van der Waals surface area (Å²) in [5.74, 6) is 0.291. The van der Waals surface area contributed by atoms with Crippen LogP contribution in [0.15, 0.2) is 12.4 Å². The van der Waals surface area contributed by atoms with E-state index < -0.39 is 5.97 Å². The minimum Gasteiger partial charge on any atom is -0.478 e. The Morgan fingerprint density at radius 2 is 2.00 bits per heavy atom. The molecular formula is C11H14N2O3. The average Bonchev–Trinajstić information content (AvgIpc) is 2.31. The van der Waals surface area contributed by atoms with Crippen LogP contribution < -0.4 is 0 Å². The van der Waals surface area contributed by atoms with Gasteiger partial charge in [0.05, 0.1) is 5.56 Å². The lowest BCUT2D eigenvalue weighted by molar-refractivity contribution is 0.0659. The summed E-state index contributed by atoms with van der Waals surface area (Å²) in [6.45, 7) is 1.61. The molecule has 0 aromatic carbocycles. The monoisotopic (exact) mass is 222 g/mol. The first kappa shape index (κ1) is 11.0. The molecule has 86 valence electrons. The third-order valence-corrected chi connectivity index (χ3v) is 2.76. The standard InChI is InChI=1S/C11H14N2O3/c14-11(15)9-6-12-10(13-7-9)5-8-1-3-16-4-2-8/h6-8H,1-5H2,(H,14,15). The normalized spacial score (nSPS) is 17.2. The highest BCUT2D eigenvalue weighted by Crippen LogP contribution is 2.18. The molecule has 5 heteroatoms. The van der Waals surface area contributed by atoms with Crippen LogP contribution in [0.5, 0.6) is 0 Å². The Kier molecular flexibility index (Phi) is 3.46. The Morgan fingerprint density at radius 3 is 2.56 bits per heavy atom. The zero-order valence-electron chi connectivity index (χ0n) is 8.93. The van der Waals surface area contributed by atoms with Gasteiger partial charge in [-0.15, -0.1) is 0 Å². The molecule has 0 radical (unpaired) electrons. The van der Waals surface area contributed by atoms with E-state index in [0.717, 1.165) is 38.3 Å². The average molecular weight is 222 g/mol. The molecule has 0 aliphatic carbocycles. The van der Waals surface area contributed by atoms with Crippen molar-refractivity contribution in [3.8, 4) is 0 Å². The second-order valence-corrected chi connectivity index (χ2v) is 3.95. The van der Waals surface area contributed by atoms with E-state index >= 15 is 0 Å². The van der Waals surface area contributed by atoms with Gasteiger partial charge in [0, 0.05) is 32.0 Å². The molecule has 16 heavy (non-hydrogen) atoms. The number of carboxylic acids is 1. The van der Waals surface area contributed by atoms with E-state index in [9.17, 15) is 4.79 Å². The minimum atomic E-state index is -0.988. The molecular weight excluding hydrogens is 208 g/mol. The summed E-state index contributed by atoms with van der Waals surface area (Å²) < 4.78 is 5.27. The number of rotatable bonds is 3. The molecule has 0 spiro atoms. The van der Waals surface area contributed by atoms with Crippen molar-refractivity contribution in [2.75, 3.05) is 13.2 Å². The van der Waals surface area contributed by atoms with Gasteiger partial charge in [-0.3, -0.25) is 0 Å². The molecule has 1 aromatic heterocycles. The van der Waals surface area contributed by atoms with Crippen LogP contribution in [0.1, 0.15) is 29.0 Å². The fraction of sp³-hybridized carbons (Fsp3) is 0.545. The van der Waals surface area contributed by atoms with Gasteiger partial charge < -0.3 is 9.84 Å². The van der Waals surface area contributed by atoms with Crippen molar-refractivity contribution in [2.45, 2.75) is 19.3 Å². The molecule has 1 aliphatic rings. The Labute approximate surface area is 93.5 Å². The molecule has 1 aliphatic heterocycles. The van der Waals surface area contributed by atoms with Crippen LogP contribution in [0.2, 0.25) is 0 Å². The molecule has 0 bridgehead atoms. The van der Waals surface area contributed by atoms with Crippen LogP contribution >= 0.6 is 0 Å². The van der Waals surface area contributed by atoms with Crippen molar-refractivity contribution in [3.05, 3.63) is 23.8 Å². The molecule has 0 unspecified atom stereocenters. The molecule has 1 fully saturated rings. The maximum absolute atomic E-state index is 10.6. The van der Waals surface area contributed by atoms with Crippen molar-refractivity contribution in [2.24, 2.45) is 5.92 Å². The Hall–Kier alpha value is -1.49. The van der Waals surface area contributed by atoms with Crippen LogP contribution in [0, 0.1) is 5.92 Å². The predicted molar refractivity (Wildman–Crippen MR) is 56.2 cm³/mol. The maximum Gasteiger partial charge on any atom is 0.338 e. The Bertz CT molecular complexity index is 358. The van der Waals surface area contributed by atoms with E-state index in [1.165, 1.54) is 12.4 Å². The second-order valence-electron chi connectivity index (χ2n) is 3.95. The third-order valence-electron chi connectivity index (χ3n) is 2.76. The highest BCUT2D eigenvalue weighted by molar-refractivity contribution is 5.86. The van der Waals surface area contributed by atoms with Crippen LogP contribution in [0.3, 0.4) is 0 Å². The summed E-state index contributed by atoms with van der Waals surface area (Å²) in [5.41, 5.74) is 0.135. The van der Waals surface area contributed by atoms with Crippen molar-refractivity contribution in [1.82, 2.24) is 9.97 Å². The molecule has 0 saturated carbocycles.